The molecule has 0 unspecified atom stereocenters. The van der Waals surface area contributed by atoms with Gasteiger partial charge in [0.05, 0.1) is 29.2 Å². The number of nitrogens with one attached hydrogen (secondary N) is 2. The molecule has 0 spiro atoms. The zero-order valence-electron chi connectivity index (χ0n) is 18.9. The second kappa shape index (κ2) is 10.9. The second-order valence-electron chi connectivity index (χ2n) is 8.56. The molecule has 5 rings (SSSR count). The van der Waals surface area contributed by atoms with Gasteiger partial charge in [0, 0.05) is 30.0 Å². The standard InChI is InChI=1S/C25H25N5O4.ClH/c26-12-17-6-4-15-2-1-3-20(24(15)29-17)30-25(32)16-5-7-19(21(31)10-16)28-13-18-11-22-23(14-27-18)34-9-8-33-22;/h1-4,6,11,14,16,19,21,28,31H,5,7-10,13H2,(H,30,32);1H/t16-,19-,21+;/m1./s1. The van der Waals surface area contributed by atoms with E-state index < -0.39 is 6.10 Å². The summed E-state index contributed by atoms with van der Waals surface area (Å²) in [6.45, 7) is 1.52. The number of ether oxygens (including phenoxy) is 2. The van der Waals surface area contributed by atoms with Crippen LogP contribution in [-0.2, 0) is 11.3 Å². The van der Waals surface area contributed by atoms with E-state index in [4.69, 9.17) is 14.7 Å². The number of anilines is 1. The van der Waals surface area contributed by atoms with Crippen LogP contribution >= 0.6 is 12.4 Å². The van der Waals surface area contributed by atoms with Crippen LogP contribution in [0.1, 0.15) is 30.7 Å². The number of fused-ring (bicyclic) bond motifs is 2. The Morgan fingerprint density at radius 2 is 2.00 bits per heavy atom. The molecule has 2 aliphatic rings. The summed E-state index contributed by atoms with van der Waals surface area (Å²) in [4.78, 5) is 21.7. The number of rotatable bonds is 5. The molecular formula is C25H26ClN5O4. The first-order valence-electron chi connectivity index (χ1n) is 11.4. The Morgan fingerprint density at radius 1 is 1.17 bits per heavy atom. The van der Waals surface area contributed by atoms with Gasteiger partial charge in [-0.15, -0.1) is 12.4 Å². The Labute approximate surface area is 208 Å². The van der Waals surface area contributed by atoms with Crippen LogP contribution in [0.15, 0.2) is 42.6 Å². The molecule has 1 aromatic carbocycles. The van der Waals surface area contributed by atoms with Crippen molar-refractivity contribution in [3.8, 4) is 17.6 Å². The molecule has 10 heteroatoms. The van der Waals surface area contributed by atoms with E-state index in [0.717, 1.165) is 11.1 Å². The summed E-state index contributed by atoms with van der Waals surface area (Å²) in [6.07, 6.45) is 2.68. The molecule has 1 amide bonds. The van der Waals surface area contributed by atoms with Crippen LogP contribution in [-0.4, -0.2) is 46.3 Å². The third kappa shape index (κ3) is 5.46. The van der Waals surface area contributed by atoms with E-state index in [1.54, 1.807) is 18.3 Å². The van der Waals surface area contributed by atoms with Gasteiger partial charge in [-0.1, -0.05) is 12.1 Å². The molecule has 0 radical (unpaired) electrons. The number of para-hydroxylation sites is 1. The van der Waals surface area contributed by atoms with Crippen molar-refractivity contribution in [1.82, 2.24) is 15.3 Å². The molecule has 9 nitrogen and oxygen atoms in total. The van der Waals surface area contributed by atoms with Crippen LogP contribution < -0.4 is 20.1 Å². The lowest BCUT2D eigenvalue weighted by Gasteiger charge is -2.33. The minimum absolute atomic E-state index is 0. The Kier molecular flexibility index (Phi) is 7.66. The molecule has 1 aliphatic heterocycles. The predicted molar refractivity (Wildman–Crippen MR) is 132 cm³/mol. The smallest absolute Gasteiger partial charge is 0.227 e. The van der Waals surface area contributed by atoms with E-state index in [2.05, 4.69) is 20.6 Å². The average molecular weight is 496 g/mol. The van der Waals surface area contributed by atoms with Crippen LogP contribution in [0.25, 0.3) is 10.9 Å². The summed E-state index contributed by atoms with van der Waals surface area (Å²) < 4.78 is 11.1. The number of hydrogen-bond acceptors (Lipinski definition) is 8. The van der Waals surface area contributed by atoms with Gasteiger partial charge in [0.15, 0.2) is 11.5 Å². The second-order valence-corrected chi connectivity index (χ2v) is 8.56. The average Bonchev–Trinajstić information content (AvgIpc) is 2.87. The molecule has 182 valence electrons. The highest BCUT2D eigenvalue weighted by Crippen LogP contribution is 2.30. The van der Waals surface area contributed by atoms with E-state index >= 15 is 0 Å². The van der Waals surface area contributed by atoms with Crippen molar-refractivity contribution < 1.29 is 19.4 Å². The fraction of sp³-hybridized carbons (Fsp3) is 0.360. The van der Waals surface area contributed by atoms with Gasteiger partial charge < -0.3 is 25.2 Å². The van der Waals surface area contributed by atoms with E-state index in [1.165, 1.54) is 0 Å². The van der Waals surface area contributed by atoms with Crippen molar-refractivity contribution in [2.45, 2.75) is 38.0 Å². The van der Waals surface area contributed by atoms with Crippen LogP contribution in [0, 0.1) is 17.2 Å². The number of nitriles is 1. The molecule has 35 heavy (non-hydrogen) atoms. The highest BCUT2D eigenvalue weighted by molar-refractivity contribution is 6.01. The summed E-state index contributed by atoms with van der Waals surface area (Å²) in [5.74, 6) is 0.869. The SMILES string of the molecule is Cl.N#Cc1ccc2cccc(NC(=O)[C@@H]3CC[C@@H](NCc4cc5c(cn4)OCCO5)[C@@H](O)C3)c2n1. The van der Waals surface area contributed by atoms with Crippen molar-refractivity contribution >= 4 is 34.9 Å². The number of carbonyl (C=O) groups excluding carboxylic acids is 1. The lowest BCUT2D eigenvalue weighted by Crippen LogP contribution is -2.46. The zero-order valence-corrected chi connectivity index (χ0v) is 19.8. The van der Waals surface area contributed by atoms with Gasteiger partial charge in [0.2, 0.25) is 5.91 Å². The number of carbonyl (C=O) groups is 1. The van der Waals surface area contributed by atoms with Crippen LogP contribution in [0.5, 0.6) is 11.5 Å². The molecule has 3 N–H and O–H groups in total. The summed E-state index contributed by atoms with van der Waals surface area (Å²) in [5, 5.41) is 27.0. The minimum atomic E-state index is -0.655. The third-order valence-electron chi connectivity index (χ3n) is 6.31. The Balaban J connectivity index is 0.00000289. The molecule has 3 atom stereocenters. The number of amides is 1. The number of aromatic nitrogens is 2. The predicted octanol–water partition coefficient (Wildman–Crippen LogP) is 2.95. The summed E-state index contributed by atoms with van der Waals surface area (Å²) in [6, 6.07) is 12.7. The molecule has 0 saturated heterocycles. The Hall–Kier alpha value is -3.45. The largest absolute Gasteiger partial charge is 0.486 e. The van der Waals surface area contributed by atoms with Crippen molar-refractivity contribution in [2.75, 3.05) is 18.5 Å². The van der Waals surface area contributed by atoms with Gasteiger partial charge in [-0.05, 0) is 37.5 Å². The molecule has 1 aliphatic carbocycles. The van der Waals surface area contributed by atoms with Gasteiger partial charge in [-0.25, -0.2) is 4.98 Å². The fourth-order valence-corrected chi connectivity index (χ4v) is 4.49. The summed E-state index contributed by atoms with van der Waals surface area (Å²) in [5.41, 5.74) is 2.25. The molecule has 3 heterocycles. The molecule has 1 saturated carbocycles. The van der Waals surface area contributed by atoms with Crippen molar-refractivity contribution in [1.29, 1.82) is 5.26 Å². The number of pyridine rings is 2. The molecule has 0 bridgehead atoms. The maximum absolute atomic E-state index is 13.0. The third-order valence-corrected chi connectivity index (χ3v) is 6.31. The molecule has 3 aromatic rings. The van der Waals surface area contributed by atoms with Gasteiger partial charge in [-0.2, -0.15) is 5.26 Å². The van der Waals surface area contributed by atoms with Gasteiger partial charge in [0.1, 0.15) is 25.0 Å². The first-order chi connectivity index (χ1) is 16.6. The van der Waals surface area contributed by atoms with E-state index in [9.17, 15) is 9.90 Å². The quantitative estimate of drug-likeness (QED) is 0.492. The highest BCUT2D eigenvalue weighted by atomic mass is 35.5. The zero-order chi connectivity index (χ0) is 23.5. The monoisotopic (exact) mass is 495 g/mol. The highest BCUT2D eigenvalue weighted by Gasteiger charge is 2.33. The van der Waals surface area contributed by atoms with Gasteiger partial charge in [-0.3, -0.25) is 9.78 Å². The fourth-order valence-electron chi connectivity index (χ4n) is 4.49. The maximum Gasteiger partial charge on any atom is 0.227 e. The van der Waals surface area contributed by atoms with Crippen LogP contribution in [0.4, 0.5) is 5.69 Å². The molecule has 2 aromatic heterocycles. The van der Waals surface area contributed by atoms with Crippen LogP contribution in [0.3, 0.4) is 0 Å². The number of aliphatic hydroxyl groups is 1. The van der Waals surface area contributed by atoms with Gasteiger partial charge in [0.25, 0.3) is 0 Å². The number of aliphatic hydroxyl groups excluding tert-OH is 1. The van der Waals surface area contributed by atoms with E-state index in [1.807, 2.05) is 30.3 Å². The van der Waals surface area contributed by atoms with Crippen molar-refractivity contribution in [3.05, 3.63) is 54.0 Å². The van der Waals surface area contributed by atoms with E-state index in [-0.39, 0.29) is 30.3 Å². The lowest BCUT2D eigenvalue weighted by molar-refractivity contribution is -0.122. The molecule has 1 fully saturated rings. The number of nitrogens with zero attached hydrogens (tertiary/aromatic N) is 3. The lowest BCUT2D eigenvalue weighted by atomic mass is 9.83. The Morgan fingerprint density at radius 3 is 2.80 bits per heavy atom. The summed E-state index contributed by atoms with van der Waals surface area (Å²) >= 11 is 0. The van der Waals surface area contributed by atoms with Crippen LogP contribution in [0.2, 0.25) is 0 Å². The van der Waals surface area contributed by atoms with Crippen molar-refractivity contribution in [3.63, 3.8) is 0 Å². The van der Waals surface area contributed by atoms with Gasteiger partial charge >= 0.3 is 0 Å². The van der Waals surface area contributed by atoms with E-state index in [0.29, 0.717) is 67.4 Å². The summed E-state index contributed by atoms with van der Waals surface area (Å²) in [7, 11) is 0. The molecular weight excluding hydrogens is 470 g/mol. The number of hydrogen-bond donors (Lipinski definition) is 3. The minimum Gasteiger partial charge on any atom is -0.486 e. The normalized spacial score (nSPS) is 21.0. The topological polar surface area (TPSA) is 129 Å². The maximum atomic E-state index is 13.0. The first-order valence-corrected chi connectivity index (χ1v) is 11.4. The number of benzene rings is 1. The number of halogens is 1. The Bertz CT molecular complexity index is 1260. The van der Waals surface area contributed by atoms with Crippen molar-refractivity contribution in [2.24, 2.45) is 5.92 Å². The first kappa shape index (κ1) is 24.7.